The SMILES string of the molecule is COc1cccc(NCC2(SC)CCC2)c1[N+](=O)[O-]. The van der Waals surface area contributed by atoms with Crippen LogP contribution in [0.25, 0.3) is 0 Å². The van der Waals surface area contributed by atoms with E-state index in [0.717, 1.165) is 6.54 Å². The van der Waals surface area contributed by atoms with E-state index in [0.29, 0.717) is 11.4 Å². The maximum atomic E-state index is 11.2. The zero-order valence-corrected chi connectivity index (χ0v) is 12.0. The highest BCUT2D eigenvalue weighted by atomic mass is 32.2. The highest BCUT2D eigenvalue weighted by Crippen LogP contribution is 2.43. The van der Waals surface area contributed by atoms with E-state index in [9.17, 15) is 10.1 Å². The Morgan fingerprint density at radius 1 is 1.53 bits per heavy atom. The van der Waals surface area contributed by atoms with Gasteiger partial charge < -0.3 is 10.1 Å². The number of methoxy groups -OCH3 is 1. The Kier molecular flexibility index (Phi) is 4.19. The standard InChI is InChI=1S/C13H18N2O3S/c1-18-11-6-3-5-10(12(11)15(16)17)14-9-13(19-2)7-4-8-13/h3,5-6,14H,4,7-9H2,1-2H3. The lowest BCUT2D eigenvalue weighted by atomic mass is 9.84. The van der Waals surface area contributed by atoms with Crippen molar-refractivity contribution in [2.45, 2.75) is 24.0 Å². The molecule has 0 amide bonds. The number of rotatable bonds is 6. The molecule has 0 bridgehead atoms. The van der Waals surface area contributed by atoms with E-state index in [2.05, 4.69) is 11.6 Å². The summed E-state index contributed by atoms with van der Waals surface area (Å²) >= 11 is 1.84. The summed E-state index contributed by atoms with van der Waals surface area (Å²) in [5, 5.41) is 14.4. The molecule has 19 heavy (non-hydrogen) atoms. The Morgan fingerprint density at radius 2 is 2.26 bits per heavy atom. The topological polar surface area (TPSA) is 64.4 Å². The van der Waals surface area contributed by atoms with Gasteiger partial charge in [-0.25, -0.2) is 0 Å². The van der Waals surface area contributed by atoms with Crippen molar-refractivity contribution >= 4 is 23.1 Å². The minimum atomic E-state index is -0.395. The van der Waals surface area contributed by atoms with E-state index < -0.39 is 4.92 Å². The van der Waals surface area contributed by atoms with Gasteiger partial charge in [-0.2, -0.15) is 11.8 Å². The Balaban J connectivity index is 2.18. The lowest BCUT2D eigenvalue weighted by Gasteiger charge is -2.40. The van der Waals surface area contributed by atoms with Gasteiger partial charge in [-0.3, -0.25) is 10.1 Å². The number of nitro benzene ring substituents is 1. The number of hydrogen-bond acceptors (Lipinski definition) is 5. The lowest BCUT2D eigenvalue weighted by Crippen LogP contribution is -2.40. The molecule has 0 aliphatic heterocycles. The van der Waals surface area contributed by atoms with E-state index in [1.807, 2.05) is 11.8 Å². The van der Waals surface area contributed by atoms with E-state index in [1.54, 1.807) is 18.2 Å². The molecule has 104 valence electrons. The summed E-state index contributed by atoms with van der Waals surface area (Å²) in [4.78, 5) is 10.8. The summed E-state index contributed by atoms with van der Waals surface area (Å²) < 4.78 is 5.29. The second kappa shape index (κ2) is 5.69. The van der Waals surface area contributed by atoms with Crippen molar-refractivity contribution in [1.29, 1.82) is 0 Å². The molecule has 6 heteroatoms. The van der Waals surface area contributed by atoms with Crippen LogP contribution in [0.15, 0.2) is 18.2 Å². The minimum absolute atomic E-state index is 0.0144. The number of ether oxygens (including phenoxy) is 1. The molecule has 5 nitrogen and oxygen atoms in total. The molecule has 0 atom stereocenters. The largest absolute Gasteiger partial charge is 0.490 e. The van der Waals surface area contributed by atoms with Crippen molar-refractivity contribution < 1.29 is 9.66 Å². The number of hydrogen-bond donors (Lipinski definition) is 1. The summed E-state index contributed by atoms with van der Waals surface area (Å²) in [6.45, 7) is 0.752. The van der Waals surface area contributed by atoms with Gasteiger partial charge >= 0.3 is 5.69 Å². The molecule has 1 aromatic rings. The van der Waals surface area contributed by atoms with Crippen LogP contribution >= 0.6 is 11.8 Å². The van der Waals surface area contributed by atoms with Crippen molar-refractivity contribution in [3.63, 3.8) is 0 Å². The van der Waals surface area contributed by atoms with Crippen LogP contribution in [0.1, 0.15) is 19.3 Å². The smallest absolute Gasteiger partial charge is 0.333 e. The average Bonchev–Trinajstić information content (AvgIpc) is 2.37. The van der Waals surface area contributed by atoms with Crippen molar-refractivity contribution in [3.05, 3.63) is 28.3 Å². The number of benzene rings is 1. The molecule has 1 aliphatic carbocycles. The normalized spacial score (nSPS) is 16.5. The first kappa shape index (κ1) is 14.0. The fraction of sp³-hybridized carbons (Fsp3) is 0.538. The summed E-state index contributed by atoms with van der Waals surface area (Å²) in [5.74, 6) is 0.293. The van der Waals surface area contributed by atoms with Gasteiger partial charge in [-0.15, -0.1) is 0 Å². The molecule has 1 fully saturated rings. The molecule has 0 spiro atoms. The van der Waals surface area contributed by atoms with Gasteiger partial charge in [-0.1, -0.05) is 12.5 Å². The first-order valence-electron chi connectivity index (χ1n) is 6.22. The molecule has 1 N–H and O–H groups in total. The van der Waals surface area contributed by atoms with Crippen LogP contribution in [0.2, 0.25) is 0 Å². The molecule has 1 saturated carbocycles. The maximum Gasteiger partial charge on any atom is 0.333 e. The molecule has 1 aromatic carbocycles. The van der Waals surface area contributed by atoms with Crippen LogP contribution in [0.3, 0.4) is 0 Å². The van der Waals surface area contributed by atoms with Crippen molar-refractivity contribution in [2.24, 2.45) is 0 Å². The lowest BCUT2D eigenvalue weighted by molar-refractivity contribution is -0.384. The Bertz CT molecular complexity index is 469. The van der Waals surface area contributed by atoms with Gasteiger partial charge in [0.2, 0.25) is 0 Å². The summed E-state index contributed by atoms with van der Waals surface area (Å²) in [6.07, 6.45) is 5.67. The van der Waals surface area contributed by atoms with E-state index >= 15 is 0 Å². The van der Waals surface area contributed by atoms with Crippen LogP contribution < -0.4 is 10.1 Å². The molecule has 0 heterocycles. The van der Waals surface area contributed by atoms with Crippen molar-refractivity contribution in [1.82, 2.24) is 0 Å². The molecular formula is C13H18N2O3S. The number of nitro groups is 1. The molecule has 2 rings (SSSR count). The number of thioether (sulfide) groups is 1. The third-order valence-corrected chi connectivity index (χ3v) is 5.12. The monoisotopic (exact) mass is 282 g/mol. The van der Waals surface area contributed by atoms with Gasteiger partial charge in [0.1, 0.15) is 5.69 Å². The predicted molar refractivity (Wildman–Crippen MR) is 78.2 cm³/mol. The summed E-state index contributed by atoms with van der Waals surface area (Å²) in [5.41, 5.74) is 0.547. The average molecular weight is 282 g/mol. The van der Waals surface area contributed by atoms with Gasteiger partial charge in [0.05, 0.1) is 12.0 Å². The van der Waals surface area contributed by atoms with Gasteiger partial charge in [0.25, 0.3) is 0 Å². The van der Waals surface area contributed by atoms with Crippen LogP contribution in [0.5, 0.6) is 5.75 Å². The van der Waals surface area contributed by atoms with E-state index in [4.69, 9.17) is 4.74 Å². The summed E-state index contributed by atoms with van der Waals surface area (Å²) in [6, 6.07) is 5.10. The van der Waals surface area contributed by atoms with E-state index in [1.165, 1.54) is 26.4 Å². The number of anilines is 1. The molecule has 0 unspecified atom stereocenters. The van der Waals surface area contributed by atoms with Crippen LogP contribution in [0.4, 0.5) is 11.4 Å². The van der Waals surface area contributed by atoms with Gasteiger partial charge in [0, 0.05) is 11.3 Å². The minimum Gasteiger partial charge on any atom is -0.490 e. The second-order valence-electron chi connectivity index (χ2n) is 4.71. The van der Waals surface area contributed by atoms with Crippen LogP contribution in [0, 0.1) is 10.1 Å². The third kappa shape index (κ3) is 2.78. The number of para-hydroxylation sites is 1. The first-order valence-corrected chi connectivity index (χ1v) is 7.45. The van der Waals surface area contributed by atoms with Gasteiger partial charge in [0.15, 0.2) is 5.75 Å². The second-order valence-corrected chi connectivity index (χ2v) is 5.98. The van der Waals surface area contributed by atoms with Crippen LogP contribution in [-0.2, 0) is 0 Å². The quantitative estimate of drug-likeness (QED) is 0.640. The third-order valence-electron chi connectivity index (χ3n) is 3.70. The zero-order valence-electron chi connectivity index (χ0n) is 11.1. The molecular weight excluding hydrogens is 264 g/mol. The van der Waals surface area contributed by atoms with Crippen molar-refractivity contribution in [3.8, 4) is 5.75 Å². The fourth-order valence-corrected chi connectivity index (χ4v) is 3.21. The Morgan fingerprint density at radius 3 is 2.74 bits per heavy atom. The first-order chi connectivity index (χ1) is 9.12. The maximum absolute atomic E-state index is 11.2. The molecule has 0 radical (unpaired) electrons. The molecule has 0 saturated heterocycles. The van der Waals surface area contributed by atoms with E-state index in [-0.39, 0.29) is 10.4 Å². The highest BCUT2D eigenvalue weighted by Gasteiger charge is 2.36. The van der Waals surface area contributed by atoms with Crippen molar-refractivity contribution in [2.75, 3.05) is 25.2 Å². The fourth-order valence-electron chi connectivity index (χ4n) is 2.30. The molecule has 1 aliphatic rings. The molecule has 0 aromatic heterocycles. The number of nitrogens with one attached hydrogen (secondary N) is 1. The Hall–Kier alpha value is -1.43. The number of nitrogens with zero attached hydrogens (tertiary/aromatic N) is 1. The highest BCUT2D eigenvalue weighted by molar-refractivity contribution is 8.00. The predicted octanol–water partition coefficient (Wildman–Crippen LogP) is 3.30. The Labute approximate surface area is 116 Å². The zero-order chi connectivity index (χ0) is 13.9. The summed E-state index contributed by atoms with van der Waals surface area (Å²) in [7, 11) is 1.45. The van der Waals surface area contributed by atoms with Gasteiger partial charge in [-0.05, 0) is 31.2 Å². The van der Waals surface area contributed by atoms with Crippen LogP contribution in [-0.4, -0.2) is 29.6 Å².